The molecule has 0 atom stereocenters. The summed E-state index contributed by atoms with van der Waals surface area (Å²) in [6.45, 7) is 0. The number of nitrogens with two attached hydrogens (primary N) is 2. The third-order valence-corrected chi connectivity index (χ3v) is 5.35. The number of hydrogen-bond acceptors (Lipinski definition) is 6. The number of hydrazone groups is 1. The number of thiophene rings is 1. The summed E-state index contributed by atoms with van der Waals surface area (Å²) in [6, 6.07) is 12.1. The summed E-state index contributed by atoms with van der Waals surface area (Å²) in [5, 5.41) is 10.9. The summed E-state index contributed by atoms with van der Waals surface area (Å²) in [4.78, 5) is 4.73. The number of aromatic nitrogens is 1. The maximum absolute atomic E-state index is 13.4. The minimum absolute atomic E-state index is 0.0439. The number of rotatable bonds is 3. The summed E-state index contributed by atoms with van der Waals surface area (Å²) in [5.41, 5.74) is 4.57. The van der Waals surface area contributed by atoms with Gasteiger partial charge in [0.25, 0.3) is 0 Å². The number of hydrazine groups is 1. The first-order valence-corrected chi connectivity index (χ1v) is 9.14. The Morgan fingerprint density at radius 3 is 2.74 bits per heavy atom. The van der Waals surface area contributed by atoms with Crippen LogP contribution in [0.4, 0.5) is 15.9 Å². The minimum Gasteiger partial charge on any atom is -0.340 e. The lowest BCUT2D eigenvalue weighted by molar-refractivity contribution is 0.628. The Labute approximate surface area is 162 Å². The van der Waals surface area contributed by atoms with Gasteiger partial charge < -0.3 is 16.6 Å². The minimum atomic E-state index is -0.470. The lowest BCUT2D eigenvalue weighted by atomic mass is 10.1. The van der Waals surface area contributed by atoms with Crippen LogP contribution in [0.3, 0.4) is 0 Å². The number of pyridine rings is 1. The Kier molecular flexibility index (Phi) is 4.53. The molecular formula is C18H14ClFN6S. The van der Waals surface area contributed by atoms with Crippen LogP contribution in [0.1, 0.15) is 5.56 Å². The van der Waals surface area contributed by atoms with Crippen molar-refractivity contribution in [2.75, 3.05) is 5.32 Å². The molecule has 2 heterocycles. The van der Waals surface area contributed by atoms with Gasteiger partial charge in [0.15, 0.2) is 5.84 Å². The fourth-order valence-corrected chi connectivity index (χ4v) is 3.96. The molecule has 0 radical (unpaired) electrons. The van der Waals surface area contributed by atoms with Gasteiger partial charge in [0.05, 0.1) is 10.5 Å². The van der Waals surface area contributed by atoms with Crippen LogP contribution < -0.4 is 22.4 Å². The van der Waals surface area contributed by atoms with E-state index in [0.29, 0.717) is 22.9 Å². The van der Waals surface area contributed by atoms with Crippen LogP contribution in [0.15, 0.2) is 52.9 Å². The van der Waals surface area contributed by atoms with Crippen molar-refractivity contribution in [1.82, 2.24) is 10.4 Å². The molecule has 0 aliphatic carbocycles. The number of halogens is 2. The first kappa shape index (κ1) is 17.5. The Morgan fingerprint density at radius 2 is 2.00 bits per heavy atom. The Hall–Kier alpha value is -2.94. The van der Waals surface area contributed by atoms with Gasteiger partial charge in [0.2, 0.25) is 0 Å². The van der Waals surface area contributed by atoms with Gasteiger partial charge in [0, 0.05) is 26.7 Å². The van der Waals surface area contributed by atoms with Crippen LogP contribution in [0.5, 0.6) is 0 Å². The molecule has 0 aliphatic rings. The number of benzene rings is 2. The number of fused-ring (bicyclic) bond motifs is 3. The van der Waals surface area contributed by atoms with Gasteiger partial charge in [-0.05, 0) is 35.7 Å². The SMILES string of the molecule is N/N=C(\NN)c1ccc2c(c1)nc(Nc1ccc(F)c(Cl)c1)c1ccsc12. The maximum atomic E-state index is 13.4. The van der Waals surface area contributed by atoms with E-state index in [1.165, 1.54) is 12.1 Å². The smallest absolute Gasteiger partial charge is 0.166 e. The fourth-order valence-electron chi connectivity index (χ4n) is 2.85. The van der Waals surface area contributed by atoms with Crippen molar-refractivity contribution in [1.29, 1.82) is 0 Å². The largest absolute Gasteiger partial charge is 0.340 e. The zero-order chi connectivity index (χ0) is 19.0. The first-order valence-electron chi connectivity index (χ1n) is 7.88. The predicted molar refractivity (Wildman–Crippen MR) is 110 cm³/mol. The number of amidine groups is 1. The quantitative estimate of drug-likeness (QED) is 0.180. The highest BCUT2D eigenvalue weighted by Crippen LogP contribution is 2.35. The normalized spacial score (nSPS) is 11.9. The molecule has 2 aromatic carbocycles. The van der Waals surface area contributed by atoms with E-state index in [2.05, 4.69) is 15.8 Å². The molecule has 0 saturated carbocycles. The molecule has 9 heteroatoms. The van der Waals surface area contributed by atoms with Crippen LogP contribution in [0.2, 0.25) is 5.02 Å². The van der Waals surface area contributed by atoms with Crippen molar-refractivity contribution >= 4 is 61.3 Å². The van der Waals surface area contributed by atoms with E-state index in [9.17, 15) is 4.39 Å². The van der Waals surface area contributed by atoms with E-state index < -0.39 is 5.82 Å². The molecule has 0 spiro atoms. The zero-order valence-corrected chi connectivity index (χ0v) is 15.4. The second-order valence-electron chi connectivity index (χ2n) is 5.73. The van der Waals surface area contributed by atoms with Crippen LogP contribution in [-0.4, -0.2) is 10.8 Å². The monoisotopic (exact) mass is 400 g/mol. The van der Waals surface area contributed by atoms with Gasteiger partial charge in [-0.3, -0.25) is 0 Å². The molecule has 0 unspecified atom stereocenters. The van der Waals surface area contributed by atoms with Crippen LogP contribution >= 0.6 is 22.9 Å². The lowest BCUT2D eigenvalue weighted by Crippen LogP contribution is -2.32. The summed E-state index contributed by atoms with van der Waals surface area (Å²) in [6.07, 6.45) is 0. The molecule has 0 aliphatic heterocycles. The van der Waals surface area contributed by atoms with Crippen LogP contribution in [0, 0.1) is 5.82 Å². The van der Waals surface area contributed by atoms with Gasteiger partial charge in [0.1, 0.15) is 11.6 Å². The standard InChI is InChI=1S/C18H14ClFN6S/c19-13-8-10(2-4-14(13)20)23-18-12-5-6-27-16(12)11-3-1-9(7-15(11)24-18)17(25-21)26-22/h1-8H,21-22H2,(H,23,24)(H,25,26). The van der Waals surface area contributed by atoms with E-state index in [4.69, 9.17) is 28.3 Å². The molecular weight excluding hydrogens is 387 g/mol. The van der Waals surface area contributed by atoms with Crippen molar-refractivity contribution in [3.8, 4) is 0 Å². The van der Waals surface area contributed by atoms with E-state index in [-0.39, 0.29) is 5.02 Å². The molecule has 0 bridgehead atoms. The average Bonchev–Trinajstić information content (AvgIpc) is 3.16. The molecule has 4 rings (SSSR count). The summed E-state index contributed by atoms with van der Waals surface area (Å²) < 4.78 is 14.5. The number of hydrogen-bond donors (Lipinski definition) is 4. The fraction of sp³-hybridized carbons (Fsp3) is 0. The van der Waals surface area contributed by atoms with E-state index in [1.807, 2.05) is 29.6 Å². The van der Waals surface area contributed by atoms with Gasteiger partial charge in [-0.15, -0.1) is 11.3 Å². The zero-order valence-electron chi connectivity index (χ0n) is 13.8. The van der Waals surface area contributed by atoms with Gasteiger partial charge >= 0.3 is 0 Å². The topological polar surface area (TPSA) is 101 Å². The van der Waals surface area contributed by atoms with Gasteiger partial charge in [-0.2, -0.15) is 5.10 Å². The van der Waals surface area contributed by atoms with Crippen LogP contribution in [0.25, 0.3) is 21.0 Å². The van der Waals surface area contributed by atoms with Crippen molar-refractivity contribution in [3.63, 3.8) is 0 Å². The van der Waals surface area contributed by atoms with Crippen LogP contribution in [-0.2, 0) is 0 Å². The molecule has 6 N–H and O–H groups in total. The molecule has 2 aromatic heterocycles. The summed E-state index contributed by atoms with van der Waals surface area (Å²) in [5.74, 6) is 11.3. The van der Waals surface area contributed by atoms with Crippen molar-refractivity contribution in [2.45, 2.75) is 0 Å². The summed E-state index contributed by atoms with van der Waals surface area (Å²) >= 11 is 7.49. The number of nitrogens with one attached hydrogen (secondary N) is 2. The molecule has 0 fully saturated rings. The number of nitrogens with zero attached hydrogens (tertiary/aromatic N) is 2. The van der Waals surface area contributed by atoms with Crippen molar-refractivity contribution < 1.29 is 4.39 Å². The Morgan fingerprint density at radius 1 is 1.15 bits per heavy atom. The third kappa shape index (κ3) is 3.14. The molecule has 6 nitrogen and oxygen atoms in total. The van der Waals surface area contributed by atoms with E-state index in [0.717, 1.165) is 21.0 Å². The Bertz CT molecular complexity index is 1190. The average molecular weight is 401 g/mol. The second-order valence-corrected chi connectivity index (χ2v) is 7.05. The molecule has 0 saturated heterocycles. The predicted octanol–water partition coefficient (Wildman–Crippen LogP) is 4.07. The highest BCUT2D eigenvalue weighted by atomic mass is 35.5. The first-order chi connectivity index (χ1) is 13.1. The maximum Gasteiger partial charge on any atom is 0.166 e. The highest BCUT2D eigenvalue weighted by molar-refractivity contribution is 7.18. The van der Waals surface area contributed by atoms with Crippen molar-refractivity contribution in [2.24, 2.45) is 16.8 Å². The summed E-state index contributed by atoms with van der Waals surface area (Å²) in [7, 11) is 0. The Balaban J connectivity index is 1.87. The van der Waals surface area contributed by atoms with E-state index >= 15 is 0 Å². The van der Waals surface area contributed by atoms with E-state index in [1.54, 1.807) is 17.4 Å². The molecule has 4 aromatic rings. The molecule has 0 amide bonds. The number of anilines is 2. The third-order valence-electron chi connectivity index (χ3n) is 4.12. The van der Waals surface area contributed by atoms with Crippen molar-refractivity contribution in [3.05, 3.63) is 64.2 Å². The highest BCUT2D eigenvalue weighted by Gasteiger charge is 2.12. The van der Waals surface area contributed by atoms with Gasteiger partial charge in [-0.25, -0.2) is 15.2 Å². The van der Waals surface area contributed by atoms with Gasteiger partial charge in [-0.1, -0.05) is 23.7 Å². The second kappa shape index (κ2) is 6.99. The molecule has 136 valence electrons. The lowest BCUT2D eigenvalue weighted by Gasteiger charge is -2.11. The molecule has 27 heavy (non-hydrogen) atoms.